The smallest absolute Gasteiger partial charge is 0.230 e. The van der Waals surface area contributed by atoms with Crippen LogP contribution in [-0.4, -0.2) is 20.8 Å². The molecule has 0 saturated heterocycles. The summed E-state index contributed by atoms with van der Waals surface area (Å²) in [5.74, 6) is 0.662. The Morgan fingerprint density at radius 1 is 0.429 bits per heavy atom. The van der Waals surface area contributed by atoms with Crippen LogP contribution in [0.15, 0.2) is 210 Å². The minimum absolute atomic E-state index is 0.520. The number of hydrogen-bond acceptors (Lipinski definition) is 1. The van der Waals surface area contributed by atoms with Gasteiger partial charge in [0.25, 0.3) is 0 Å². The van der Waals surface area contributed by atoms with Crippen LogP contribution in [0.25, 0.3) is 71.6 Å². The summed E-state index contributed by atoms with van der Waals surface area (Å²) in [5, 5.41) is 4.83. The van der Waals surface area contributed by atoms with Crippen LogP contribution in [0.1, 0.15) is 18.1 Å². The molecule has 0 fully saturated rings. The van der Waals surface area contributed by atoms with Crippen molar-refractivity contribution in [2.24, 2.45) is 9.98 Å². The zero-order valence-corrected chi connectivity index (χ0v) is 31.0. The van der Waals surface area contributed by atoms with Gasteiger partial charge in [-0.2, -0.15) is 0 Å². The molecule has 0 bridgehead atoms. The first kappa shape index (κ1) is 33.3. The first-order chi connectivity index (χ1) is 27.7. The summed E-state index contributed by atoms with van der Waals surface area (Å²) in [6, 6.07) is 71.2. The van der Waals surface area contributed by atoms with E-state index in [4.69, 9.17) is 9.98 Å². The molecule has 4 nitrogen and oxygen atoms in total. The average molecular weight is 719 g/mol. The predicted molar refractivity (Wildman–Crippen MR) is 236 cm³/mol. The van der Waals surface area contributed by atoms with Crippen molar-refractivity contribution in [1.29, 1.82) is 0 Å². The fourth-order valence-electron chi connectivity index (χ4n) is 8.05. The molecule has 56 heavy (non-hydrogen) atoms. The maximum atomic E-state index is 5.26. The third kappa shape index (κ3) is 5.98. The van der Waals surface area contributed by atoms with E-state index in [2.05, 4.69) is 204 Å². The molecule has 10 rings (SSSR count). The van der Waals surface area contributed by atoms with E-state index in [1.165, 1.54) is 43.7 Å². The van der Waals surface area contributed by atoms with Crippen molar-refractivity contribution in [1.82, 2.24) is 9.13 Å². The number of hydrogen-bond donors (Lipinski definition) is 0. The normalized spacial score (nSPS) is 12.3. The predicted octanol–water partition coefficient (Wildman–Crippen LogP) is 13.1. The van der Waals surface area contributed by atoms with E-state index in [1.807, 2.05) is 12.1 Å². The molecule has 0 aliphatic heterocycles. The lowest BCUT2D eigenvalue weighted by Gasteiger charge is -2.11. The van der Waals surface area contributed by atoms with Gasteiger partial charge < -0.3 is 4.57 Å². The summed E-state index contributed by atoms with van der Waals surface area (Å²) in [6.45, 7) is 2.58. The Morgan fingerprint density at radius 2 is 0.982 bits per heavy atom. The number of nitrogens with zero attached hydrogens (tertiary/aromatic N) is 4. The average Bonchev–Trinajstić information content (AvgIpc) is 3.78. The first-order valence-corrected chi connectivity index (χ1v) is 19.1. The third-order valence-corrected chi connectivity index (χ3v) is 10.8. The molecule has 266 valence electrons. The highest BCUT2D eigenvalue weighted by molar-refractivity contribution is 6.17. The lowest BCUT2D eigenvalue weighted by atomic mass is 9.97. The highest BCUT2D eigenvalue weighted by Gasteiger charge is 2.17. The van der Waals surface area contributed by atoms with Gasteiger partial charge in [0.15, 0.2) is 0 Å². The second-order valence-corrected chi connectivity index (χ2v) is 14.3. The Bertz CT molecular complexity index is 3100. The van der Waals surface area contributed by atoms with Crippen LogP contribution < -0.4 is 0 Å². The molecule has 0 aliphatic rings. The molecular weight excluding hydrogens is 681 g/mol. The van der Waals surface area contributed by atoms with Crippen LogP contribution in [0.3, 0.4) is 0 Å². The number of aliphatic imine (C=N–C) groups is 2. The molecule has 0 unspecified atom stereocenters. The number of para-hydroxylation sites is 3. The van der Waals surface area contributed by atoms with Gasteiger partial charge in [-0.3, -0.25) is 4.57 Å². The first-order valence-electron chi connectivity index (χ1n) is 19.1. The standard InChI is InChI=1S/C52H38N4/c1-36(38-18-7-3-8-19-38)54-52(53-35-37-16-5-2-6-17-37)56-49-27-14-11-24-44(49)46-30-28-42(34-51(46)56)40-21-15-20-39(32-40)41-29-31-50-47(33-41)45-25-12-13-26-48(45)55(50)43-22-9-4-10-23-43/h2-34H,35H2,1H3/b53-52+,54-36+. The quantitative estimate of drug-likeness (QED) is 0.121. The highest BCUT2D eigenvalue weighted by Crippen LogP contribution is 2.37. The Hall–Kier alpha value is -7.30. The largest absolute Gasteiger partial charge is 0.309 e. The van der Waals surface area contributed by atoms with Crippen molar-refractivity contribution < 1.29 is 0 Å². The number of fused-ring (bicyclic) bond motifs is 6. The summed E-state index contributed by atoms with van der Waals surface area (Å²) < 4.78 is 4.60. The highest BCUT2D eigenvalue weighted by atomic mass is 15.2. The van der Waals surface area contributed by atoms with Crippen LogP contribution in [0.2, 0.25) is 0 Å². The van der Waals surface area contributed by atoms with Crippen LogP contribution in [-0.2, 0) is 6.54 Å². The molecule has 0 spiro atoms. The molecule has 10 aromatic rings. The summed E-state index contributed by atoms with van der Waals surface area (Å²) >= 11 is 0. The summed E-state index contributed by atoms with van der Waals surface area (Å²) in [4.78, 5) is 10.5. The Balaban J connectivity index is 1.11. The van der Waals surface area contributed by atoms with Crippen molar-refractivity contribution in [2.75, 3.05) is 0 Å². The van der Waals surface area contributed by atoms with Gasteiger partial charge in [0.1, 0.15) is 0 Å². The zero-order chi connectivity index (χ0) is 37.4. The van der Waals surface area contributed by atoms with Crippen molar-refractivity contribution in [3.63, 3.8) is 0 Å². The Labute approximate surface area is 326 Å². The van der Waals surface area contributed by atoms with Crippen molar-refractivity contribution in [3.05, 3.63) is 211 Å². The maximum absolute atomic E-state index is 5.26. The van der Waals surface area contributed by atoms with E-state index >= 15 is 0 Å². The topological polar surface area (TPSA) is 34.6 Å². The number of aromatic nitrogens is 2. The van der Waals surface area contributed by atoms with Gasteiger partial charge in [0, 0.05) is 32.9 Å². The third-order valence-electron chi connectivity index (χ3n) is 10.8. The second-order valence-electron chi connectivity index (χ2n) is 14.3. The zero-order valence-electron chi connectivity index (χ0n) is 31.0. The summed E-state index contributed by atoms with van der Waals surface area (Å²) in [5.41, 5.74) is 13.5. The molecule has 0 N–H and O–H groups in total. The van der Waals surface area contributed by atoms with Gasteiger partial charge in [0.2, 0.25) is 5.96 Å². The van der Waals surface area contributed by atoms with Gasteiger partial charge >= 0.3 is 0 Å². The monoisotopic (exact) mass is 718 g/mol. The van der Waals surface area contributed by atoms with Crippen molar-refractivity contribution in [2.45, 2.75) is 13.5 Å². The molecule has 8 aromatic carbocycles. The van der Waals surface area contributed by atoms with E-state index in [0.717, 1.165) is 44.7 Å². The Kier molecular flexibility index (Phi) is 8.42. The van der Waals surface area contributed by atoms with E-state index in [1.54, 1.807) is 0 Å². The molecule has 0 saturated carbocycles. The second kappa shape index (κ2) is 14.2. The van der Waals surface area contributed by atoms with Crippen LogP contribution in [0.4, 0.5) is 0 Å². The van der Waals surface area contributed by atoms with Gasteiger partial charge in [0.05, 0.1) is 28.6 Å². The van der Waals surface area contributed by atoms with Crippen LogP contribution in [0, 0.1) is 0 Å². The fraction of sp³-hybridized carbons (Fsp3) is 0.0385. The SMILES string of the molecule is C/C(=N\C(=N/Cc1ccccc1)n1c2ccccc2c2ccc(-c3cccc(-c4ccc5c(c4)c4ccccc4n5-c4ccccc4)c3)cc21)c1ccccc1. The van der Waals surface area contributed by atoms with Gasteiger partial charge in [-0.05, 0) is 88.8 Å². The van der Waals surface area contributed by atoms with Crippen LogP contribution in [0.5, 0.6) is 0 Å². The minimum atomic E-state index is 0.520. The number of rotatable bonds is 6. The number of benzene rings is 8. The lowest BCUT2D eigenvalue weighted by molar-refractivity contribution is 1.03. The van der Waals surface area contributed by atoms with Gasteiger partial charge in [-0.25, -0.2) is 9.98 Å². The molecule has 2 heterocycles. The molecule has 4 heteroatoms. The maximum Gasteiger partial charge on any atom is 0.230 e. The van der Waals surface area contributed by atoms with Gasteiger partial charge in [-0.15, -0.1) is 0 Å². The van der Waals surface area contributed by atoms with E-state index in [0.29, 0.717) is 12.5 Å². The fourth-order valence-corrected chi connectivity index (χ4v) is 8.05. The van der Waals surface area contributed by atoms with Gasteiger partial charge in [-0.1, -0.05) is 152 Å². The van der Waals surface area contributed by atoms with Crippen molar-refractivity contribution in [3.8, 4) is 27.9 Å². The molecule has 0 amide bonds. The molecular formula is C52H38N4. The molecule has 0 atom stereocenters. The van der Waals surface area contributed by atoms with E-state index in [9.17, 15) is 0 Å². The summed E-state index contributed by atoms with van der Waals surface area (Å²) in [7, 11) is 0. The molecule has 2 aromatic heterocycles. The molecule has 0 aliphatic carbocycles. The minimum Gasteiger partial charge on any atom is -0.309 e. The lowest BCUT2D eigenvalue weighted by Crippen LogP contribution is -2.12. The van der Waals surface area contributed by atoms with E-state index in [-0.39, 0.29) is 0 Å². The Morgan fingerprint density at radius 3 is 1.73 bits per heavy atom. The van der Waals surface area contributed by atoms with Crippen LogP contribution >= 0.6 is 0 Å². The van der Waals surface area contributed by atoms with Crippen molar-refractivity contribution >= 4 is 55.3 Å². The van der Waals surface area contributed by atoms with E-state index < -0.39 is 0 Å². The summed E-state index contributed by atoms with van der Waals surface area (Å²) in [6.07, 6.45) is 0. The molecule has 0 radical (unpaired) electrons.